The molecular weight excluding hydrogens is 241 g/mol. The van der Waals surface area contributed by atoms with E-state index in [4.69, 9.17) is 0 Å². The summed E-state index contributed by atoms with van der Waals surface area (Å²) in [5, 5.41) is 11.6. The number of halogens is 1. The van der Waals surface area contributed by atoms with E-state index in [1.165, 1.54) is 6.07 Å². The van der Waals surface area contributed by atoms with Crippen molar-refractivity contribution >= 4 is 5.82 Å². The summed E-state index contributed by atoms with van der Waals surface area (Å²) in [7, 11) is 0. The van der Waals surface area contributed by atoms with Crippen molar-refractivity contribution in [2.24, 2.45) is 0 Å². The van der Waals surface area contributed by atoms with E-state index in [2.05, 4.69) is 22.4 Å². The monoisotopic (exact) mass is 259 g/mol. The highest BCUT2D eigenvalue weighted by Crippen LogP contribution is 2.27. The molecule has 19 heavy (non-hydrogen) atoms. The van der Waals surface area contributed by atoms with Gasteiger partial charge in [-0.2, -0.15) is 0 Å². The van der Waals surface area contributed by atoms with Crippen LogP contribution in [0.15, 0.2) is 24.3 Å². The molecule has 0 unspecified atom stereocenters. The van der Waals surface area contributed by atoms with Gasteiger partial charge in [-0.25, -0.2) is 4.39 Å². The summed E-state index contributed by atoms with van der Waals surface area (Å²) in [6.45, 7) is 6.87. The van der Waals surface area contributed by atoms with Crippen molar-refractivity contribution in [3.8, 4) is 11.3 Å². The van der Waals surface area contributed by atoms with Crippen molar-refractivity contribution in [1.82, 2.24) is 10.2 Å². The Morgan fingerprint density at radius 3 is 2.53 bits per heavy atom. The van der Waals surface area contributed by atoms with Gasteiger partial charge in [0.2, 0.25) is 0 Å². The fraction of sp³-hybridized carbons (Fsp3) is 0.333. The number of benzene rings is 1. The molecule has 1 N–H and O–H groups in total. The van der Waals surface area contributed by atoms with E-state index in [0.717, 1.165) is 29.9 Å². The molecule has 1 aromatic heterocycles. The average Bonchev–Trinajstić information content (AvgIpc) is 2.42. The lowest BCUT2D eigenvalue weighted by molar-refractivity contribution is 0.630. The maximum Gasteiger partial charge on any atom is 0.151 e. The lowest BCUT2D eigenvalue weighted by atomic mass is 10.0. The molecule has 0 fully saturated rings. The summed E-state index contributed by atoms with van der Waals surface area (Å²) in [4.78, 5) is 0. The first-order valence-electron chi connectivity index (χ1n) is 6.47. The largest absolute Gasteiger partial charge is 0.368 e. The zero-order chi connectivity index (χ0) is 13.8. The molecular formula is C15H18FN3. The van der Waals surface area contributed by atoms with Gasteiger partial charge >= 0.3 is 0 Å². The number of nitrogens with one attached hydrogen (secondary N) is 1. The van der Waals surface area contributed by atoms with E-state index in [-0.39, 0.29) is 5.82 Å². The van der Waals surface area contributed by atoms with Crippen LogP contribution in [-0.4, -0.2) is 16.7 Å². The maximum absolute atomic E-state index is 13.8. The normalized spacial score (nSPS) is 10.5. The predicted octanol–water partition coefficient (Wildman–Crippen LogP) is 3.72. The van der Waals surface area contributed by atoms with Crippen LogP contribution in [0.4, 0.5) is 10.2 Å². The Morgan fingerprint density at radius 2 is 1.84 bits per heavy atom. The van der Waals surface area contributed by atoms with Gasteiger partial charge in [-0.05, 0) is 43.5 Å². The summed E-state index contributed by atoms with van der Waals surface area (Å²) >= 11 is 0. The Bertz CT molecular complexity index is 582. The molecule has 0 saturated heterocycles. The molecule has 0 bridgehead atoms. The molecule has 0 aliphatic rings. The smallest absolute Gasteiger partial charge is 0.151 e. The van der Waals surface area contributed by atoms with Crippen LogP contribution in [0.1, 0.15) is 24.5 Å². The zero-order valence-electron chi connectivity index (χ0n) is 11.5. The van der Waals surface area contributed by atoms with E-state index in [1.54, 1.807) is 18.2 Å². The van der Waals surface area contributed by atoms with Gasteiger partial charge in [0, 0.05) is 12.1 Å². The first kappa shape index (κ1) is 13.5. The molecule has 2 rings (SSSR count). The first-order chi connectivity index (χ1) is 9.15. The van der Waals surface area contributed by atoms with Crippen LogP contribution in [0.25, 0.3) is 11.3 Å². The highest BCUT2D eigenvalue weighted by molar-refractivity contribution is 5.66. The van der Waals surface area contributed by atoms with Crippen molar-refractivity contribution in [2.75, 3.05) is 11.9 Å². The molecule has 0 atom stereocenters. The SMILES string of the molecule is CCCNc1nnc(-c2ccccc2F)c(C)c1C. The molecule has 1 aromatic carbocycles. The van der Waals surface area contributed by atoms with Gasteiger partial charge in [-0.1, -0.05) is 19.1 Å². The van der Waals surface area contributed by atoms with E-state index >= 15 is 0 Å². The quantitative estimate of drug-likeness (QED) is 0.909. The van der Waals surface area contributed by atoms with Crippen LogP contribution in [0.5, 0.6) is 0 Å². The van der Waals surface area contributed by atoms with Gasteiger partial charge < -0.3 is 5.32 Å². The third-order valence-electron chi connectivity index (χ3n) is 3.19. The van der Waals surface area contributed by atoms with Crippen LogP contribution in [0, 0.1) is 19.7 Å². The Labute approximate surface area is 112 Å². The van der Waals surface area contributed by atoms with Gasteiger partial charge in [0.15, 0.2) is 5.82 Å². The highest BCUT2D eigenvalue weighted by atomic mass is 19.1. The number of nitrogens with zero attached hydrogens (tertiary/aromatic N) is 2. The number of aromatic nitrogens is 2. The average molecular weight is 259 g/mol. The standard InChI is InChI=1S/C15H18FN3/c1-4-9-17-15-11(3)10(2)14(18-19-15)12-7-5-6-8-13(12)16/h5-8H,4,9H2,1-3H3,(H,17,19). The summed E-state index contributed by atoms with van der Waals surface area (Å²) in [6.07, 6.45) is 1.02. The molecule has 4 heteroatoms. The van der Waals surface area contributed by atoms with Crippen LogP contribution >= 0.6 is 0 Å². The molecule has 3 nitrogen and oxygen atoms in total. The Balaban J connectivity index is 2.44. The van der Waals surface area contributed by atoms with Crippen LogP contribution in [0.3, 0.4) is 0 Å². The molecule has 2 aromatic rings. The molecule has 0 spiro atoms. The summed E-state index contributed by atoms with van der Waals surface area (Å²) in [6, 6.07) is 6.64. The highest BCUT2D eigenvalue weighted by Gasteiger charge is 2.13. The fourth-order valence-electron chi connectivity index (χ4n) is 1.93. The van der Waals surface area contributed by atoms with Gasteiger partial charge in [-0.3, -0.25) is 0 Å². The first-order valence-corrected chi connectivity index (χ1v) is 6.47. The van der Waals surface area contributed by atoms with Crippen molar-refractivity contribution in [2.45, 2.75) is 27.2 Å². The topological polar surface area (TPSA) is 37.8 Å². The Hall–Kier alpha value is -1.97. The summed E-state index contributed by atoms with van der Waals surface area (Å²) in [5.74, 6) is 0.507. The minimum Gasteiger partial charge on any atom is -0.368 e. The number of hydrogen-bond acceptors (Lipinski definition) is 3. The summed E-state index contributed by atoms with van der Waals surface area (Å²) < 4.78 is 13.8. The second-order valence-corrected chi connectivity index (χ2v) is 4.55. The Morgan fingerprint density at radius 1 is 1.11 bits per heavy atom. The van der Waals surface area contributed by atoms with Crippen LogP contribution in [0.2, 0.25) is 0 Å². The van der Waals surface area contributed by atoms with Crippen molar-refractivity contribution in [3.05, 3.63) is 41.2 Å². The van der Waals surface area contributed by atoms with E-state index in [0.29, 0.717) is 11.3 Å². The molecule has 0 saturated carbocycles. The van der Waals surface area contributed by atoms with Crippen molar-refractivity contribution in [1.29, 1.82) is 0 Å². The molecule has 0 amide bonds. The van der Waals surface area contributed by atoms with Crippen LogP contribution < -0.4 is 5.32 Å². The van der Waals surface area contributed by atoms with Gasteiger partial charge in [-0.15, -0.1) is 10.2 Å². The van der Waals surface area contributed by atoms with Crippen molar-refractivity contribution < 1.29 is 4.39 Å². The van der Waals surface area contributed by atoms with Gasteiger partial charge in [0.1, 0.15) is 5.82 Å². The van der Waals surface area contributed by atoms with E-state index in [9.17, 15) is 4.39 Å². The third kappa shape index (κ3) is 2.72. The molecule has 0 aliphatic heterocycles. The zero-order valence-corrected chi connectivity index (χ0v) is 11.5. The molecule has 0 radical (unpaired) electrons. The van der Waals surface area contributed by atoms with Crippen molar-refractivity contribution in [3.63, 3.8) is 0 Å². The lowest BCUT2D eigenvalue weighted by Gasteiger charge is -2.12. The molecule has 0 aliphatic carbocycles. The minimum absolute atomic E-state index is 0.270. The minimum atomic E-state index is -0.270. The van der Waals surface area contributed by atoms with E-state index < -0.39 is 0 Å². The lowest BCUT2D eigenvalue weighted by Crippen LogP contribution is -2.07. The number of hydrogen-bond donors (Lipinski definition) is 1. The van der Waals surface area contributed by atoms with Gasteiger partial charge in [0.05, 0.1) is 5.69 Å². The second kappa shape index (κ2) is 5.78. The Kier molecular flexibility index (Phi) is 4.10. The molecule has 100 valence electrons. The fourth-order valence-corrected chi connectivity index (χ4v) is 1.93. The predicted molar refractivity (Wildman–Crippen MR) is 75.7 cm³/mol. The molecule has 1 heterocycles. The van der Waals surface area contributed by atoms with E-state index in [1.807, 2.05) is 13.8 Å². The number of anilines is 1. The number of rotatable bonds is 4. The third-order valence-corrected chi connectivity index (χ3v) is 3.19. The maximum atomic E-state index is 13.8. The second-order valence-electron chi connectivity index (χ2n) is 4.55. The van der Waals surface area contributed by atoms with Crippen LogP contribution in [-0.2, 0) is 0 Å². The summed E-state index contributed by atoms with van der Waals surface area (Å²) in [5.41, 5.74) is 3.08. The van der Waals surface area contributed by atoms with Gasteiger partial charge in [0.25, 0.3) is 0 Å².